The lowest BCUT2D eigenvalue weighted by Gasteiger charge is -2.19. The number of hydrogen-bond acceptors (Lipinski definition) is 5. The Morgan fingerprint density at radius 1 is 1.14 bits per heavy atom. The van der Waals surface area contributed by atoms with Gasteiger partial charge in [0.05, 0.1) is 19.9 Å². The zero-order valence-electron chi connectivity index (χ0n) is 14.0. The fourth-order valence-corrected chi connectivity index (χ4v) is 1.76. The molecule has 0 aliphatic rings. The van der Waals surface area contributed by atoms with Gasteiger partial charge < -0.3 is 24.8 Å². The third-order valence-corrected chi connectivity index (χ3v) is 2.75. The minimum absolute atomic E-state index is 0.394. The van der Waals surface area contributed by atoms with Gasteiger partial charge in [0.15, 0.2) is 0 Å². The number of anilines is 1. The zero-order chi connectivity index (χ0) is 16.6. The van der Waals surface area contributed by atoms with Gasteiger partial charge in [-0.3, -0.25) is 0 Å². The molecule has 0 aliphatic carbocycles. The molecule has 6 heteroatoms. The first kappa shape index (κ1) is 17.9. The first-order chi connectivity index (χ1) is 10.4. The lowest BCUT2D eigenvalue weighted by atomic mass is 10.2. The molecular formula is C16H26N2O4. The van der Waals surface area contributed by atoms with Crippen LogP contribution >= 0.6 is 0 Å². The van der Waals surface area contributed by atoms with Gasteiger partial charge >= 0.3 is 6.09 Å². The molecule has 0 bridgehead atoms. The van der Waals surface area contributed by atoms with Gasteiger partial charge in [0.1, 0.15) is 17.1 Å². The minimum atomic E-state index is -0.473. The highest BCUT2D eigenvalue weighted by Gasteiger charge is 2.15. The molecule has 0 spiro atoms. The highest BCUT2D eigenvalue weighted by Crippen LogP contribution is 2.28. The smallest absolute Gasteiger partial charge is 0.407 e. The molecule has 0 aliphatic heterocycles. The number of carbonyl (C=O) groups is 1. The largest absolute Gasteiger partial charge is 0.497 e. The van der Waals surface area contributed by atoms with Gasteiger partial charge in [-0.05, 0) is 39.3 Å². The molecule has 6 nitrogen and oxygen atoms in total. The molecule has 1 aromatic rings. The summed E-state index contributed by atoms with van der Waals surface area (Å²) in [5.74, 6) is 1.47. The normalized spacial score (nSPS) is 10.8. The Bertz CT molecular complexity index is 484. The maximum Gasteiger partial charge on any atom is 0.407 e. The van der Waals surface area contributed by atoms with Crippen LogP contribution in [0.5, 0.6) is 11.5 Å². The van der Waals surface area contributed by atoms with Crippen LogP contribution in [0.2, 0.25) is 0 Å². The maximum atomic E-state index is 11.5. The molecule has 1 amide bonds. The third-order valence-electron chi connectivity index (χ3n) is 2.75. The molecule has 1 rings (SSSR count). The van der Waals surface area contributed by atoms with E-state index in [1.165, 1.54) is 0 Å². The van der Waals surface area contributed by atoms with E-state index in [0.29, 0.717) is 13.1 Å². The summed E-state index contributed by atoms with van der Waals surface area (Å²) in [5.41, 5.74) is 0.416. The molecule has 0 radical (unpaired) electrons. The van der Waals surface area contributed by atoms with Crippen LogP contribution in [0.15, 0.2) is 18.2 Å². The SMILES string of the molecule is COc1ccc(NCCCNC(=O)OC(C)(C)C)c(OC)c1. The average molecular weight is 310 g/mol. The molecule has 0 unspecified atom stereocenters. The summed E-state index contributed by atoms with van der Waals surface area (Å²) >= 11 is 0. The number of benzene rings is 1. The number of methoxy groups -OCH3 is 2. The van der Waals surface area contributed by atoms with Gasteiger partial charge in [-0.2, -0.15) is 0 Å². The Balaban J connectivity index is 2.32. The van der Waals surface area contributed by atoms with Crippen molar-refractivity contribution in [1.82, 2.24) is 5.32 Å². The number of carbonyl (C=O) groups excluding carboxylic acids is 1. The van der Waals surface area contributed by atoms with Crippen LogP contribution in [-0.2, 0) is 4.74 Å². The Morgan fingerprint density at radius 3 is 2.45 bits per heavy atom. The maximum absolute atomic E-state index is 11.5. The van der Waals surface area contributed by atoms with Crippen LogP contribution in [0.4, 0.5) is 10.5 Å². The second-order valence-corrected chi connectivity index (χ2v) is 5.78. The van der Waals surface area contributed by atoms with E-state index < -0.39 is 11.7 Å². The standard InChI is InChI=1S/C16H26N2O4/c1-16(2,3)22-15(19)18-10-6-9-17-13-8-7-12(20-4)11-14(13)21-5/h7-8,11,17H,6,9-10H2,1-5H3,(H,18,19). The molecular weight excluding hydrogens is 284 g/mol. The van der Waals surface area contributed by atoms with Gasteiger partial charge in [0, 0.05) is 19.2 Å². The molecule has 0 aromatic heterocycles. The first-order valence-corrected chi connectivity index (χ1v) is 7.28. The van der Waals surface area contributed by atoms with E-state index in [1.807, 2.05) is 39.0 Å². The van der Waals surface area contributed by atoms with Crippen molar-refractivity contribution in [2.75, 3.05) is 32.6 Å². The second-order valence-electron chi connectivity index (χ2n) is 5.78. The van der Waals surface area contributed by atoms with Gasteiger partial charge in [0.2, 0.25) is 0 Å². The lowest BCUT2D eigenvalue weighted by molar-refractivity contribution is 0.0528. The Kier molecular flexibility index (Phi) is 6.82. The minimum Gasteiger partial charge on any atom is -0.497 e. The van der Waals surface area contributed by atoms with E-state index >= 15 is 0 Å². The molecule has 0 saturated heterocycles. The summed E-state index contributed by atoms with van der Waals surface area (Å²) in [7, 11) is 3.23. The lowest BCUT2D eigenvalue weighted by Crippen LogP contribution is -2.33. The van der Waals surface area contributed by atoms with Gasteiger partial charge in [-0.25, -0.2) is 4.79 Å². The molecule has 0 atom stereocenters. The number of alkyl carbamates (subject to hydrolysis) is 1. The third kappa shape index (κ3) is 6.56. The predicted molar refractivity (Wildman–Crippen MR) is 86.9 cm³/mol. The Hall–Kier alpha value is -2.11. The first-order valence-electron chi connectivity index (χ1n) is 7.28. The van der Waals surface area contributed by atoms with Crippen LogP contribution in [0.3, 0.4) is 0 Å². The fourth-order valence-electron chi connectivity index (χ4n) is 1.76. The monoisotopic (exact) mass is 310 g/mol. The summed E-state index contributed by atoms with van der Waals surface area (Å²) in [6.07, 6.45) is 0.378. The summed E-state index contributed by atoms with van der Waals surface area (Å²) in [4.78, 5) is 11.5. The van der Waals surface area contributed by atoms with Gasteiger partial charge in [-0.15, -0.1) is 0 Å². The number of amides is 1. The van der Waals surface area contributed by atoms with Crippen LogP contribution in [0.1, 0.15) is 27.2 Å². The van der Waals surface area contributed by atoms with Crippen LogP contribution in [0.25, 0.3) is 0 Å². The highest BCUT2D eigenvalue weighted by atomic mass is 16.6. The summed E-state index contributed by atoms with van der Waals surface area (Å²) in [6.45, 7) is 6.76. The molecule has 0 heterocycles. The molecule has 1 aromatic carbocycles. The topological polar surface area (TPSA) is 68.8 Å². The van der Waals surface area contributed by atoms with E-state index in [9.17, 15) is 4.79 Å². The van der Waals surface area contributed by atoms with Crippen molar-refractivity contribution in [3.63, 3.8) is 0 Å². The van der Waals surface area contributed by atoms with Crippen molar-refractivity contribution >= 4 is 11.8 Å². The molecule has 22 heavy (non-hydrogen) atoms. The van der Waals surface area contributed by atoms with E-state index in [2.05, 4.69) is 10.6 Å². The zero-order valence-corrected chi connectivity index (χ0v) is 14.0. The number of rotatable bonds is 7. The van der Waals surface area contributed by atoms with Crippen molar-refractivity contribution < 1.29 is 19.0 Å². The van der Waals surface area contributed by atoms with Gasteiger partial charge in [-0.1, -0.05) is 0 Å². The number of ether oxygens (including phenoxy) is 3. The van der Waals surface area contributed by atoms with Crippen molar-refractivity contribution in [2.24, 2.45) is 0 Å². The molecule has 0 saturated carbocycles. The van der Waals surface area contributed by atoms with E-state index in [-0.39, 0.29) is 0 Å². The summed E-state index contributed by atoms with van der Waals surface area (Å²) < 4.78 is 15.6. The second kappa shape index (κ2) is 8.36. The van der Waals surface area contributed by atoms with Crippen molar-refractivity contribution in [3.8, 4) is 11.5 Å². The van der Waals surface area contributed by atoms with Crippen molar-refractivity contribution in [2.45, 2.75) is 32.8 Å². The van der Waals surface area contributed by atoms with Crippen LogP contribution in [0, 0.1) is 0 Å². The average Bonchev–Trinajstić information content (AvgIpc) is 2.45. The van der Waals surface area contributed by atoms with E-state index in [1.54, 1.807) is 14.2 Å². The van der Waals surface area contributed by atoms with E-state index in [4.69, 9.17) is 14.2 Å². The van der Waals surface area contributed by atoms with Crippen LogP contribution in [-0.4, -0.2) is 39.0 Å². The number of nitrogens with one attached hydrogen (secondary N) is 2. The van der Waals surface area contributed by atoms with Gasteiger partial charge in [0.25, 0.3) is 0 Å². The van der Waals surface area contributed by atoms with E-state index in [0.717, 1.165) is 23.6 Å². The molecule has 2 N–H and O–H groups in total. The molecule has 124 valence electrons. The predicted octanol–water partition coefficient (Wildman–Crippen LogP) is 3.03. The quantitative estimate of drug-likeness (QED) is 0.758. The Morgan fingerprint density at radius 2 is 1.86 bits per heavy atom. The van der Waals surface area contributed by atoms with Crippen molar-refractivity contribution in [1.29, 1.82) is 0 Å². The summed E-state index contributed by atoms with van der Waals surface area (Å²) in [6, 6.07) is 5.59. The fraction of sp³-hybridized carbons (Fsp3) is 0.562. The van der Waals surface area contributed by atoms with Crippen LogP contribution < -0.4 is 20.1 Å². The Labute approximate surface area is 132 Å². The number of hydrogen-bond donors (Lipinski definition) is 2. The molecule has 0 fully saturated rings. The van der Waals surface area contributed by atoms with Crippen molar-refractivity contribution in [3.05, 3.63) is 18.2 Å². The summed E-state index contributed by atoms with van der Waals surface area (Å²) in [5, 5.41) is 5.98. The highest BCUT2D eigenvalue weighted by molar-refractivity contribution is 5.67.